The highest BCUT2D eigenvalue weighted by Gasteiger charge is 2.10. The third-order valence-corrected chi connectivity index (χ3v) is 2.11. The van der Waals surface area contributed by atoms with Crippen molar-refractivity contribution in [3.05, 3.63) is 0 Å². The molecule has 0 bridgehead atoms. The summed E-state index contributed by atoms with van der Waals surface area (Å²) < 4.78 is 0. The van der Waals surface area contributed by atoms with E-state index in [4.69, 9.17) is 0 Å². The second kappa shape index (κ2) is 7.87. The van der Waals surface area contributed by atoms with E-state index in [9.17, 15) is 4.79 Å². The molecule has 0 saturated carbocycles. The Morgan fingerprint density at radius 3 is 2.64 bits per heavy atom. The maximum atomic E-state index is 10.5. The van der Waals surface area contributed by atoms with Crippen LogP contribution >= 0.6 is 0 Å². The first-order valence-corrected chi connectivity index (χ1v) is 5.00. The Labute approximate surface area is 83.1 Å². The maximum Gasteiger partial charge on any atom is 0.152 e. The van der Waals surface area contributed by atoms with Crippen molar-refractivity contribution in [3.63, 3.8) is 0 Å². The van der Waals surface area contributed by atoms with Crippen LogP contribution < -0.4 is 0 Å². The van der Waals surface area contributed by atoms with E-state index in [1.165, 1.54) is 0 Å². The van der Waals surface area contributed by atoms with E-state index in [2.05, 4.69) is 19.9 Å². The molecule has 0 aromatic carbocycles. The van der Waals surface area contributed by atoms with Crippen molar-refractivity contribution in [2.45, 2.75) is 44.6 Å². The largest absolute Gasteiger partial charge is 0.300 e. The van der Waals surface area contributed by atoms with E-state index in [0.717, 1.165) is 32.1 Å². The molecule has 5 nitrogen and oxygen atoms in total. The number of carbonyl (C=O) groups is 1. The molecule has 0 aromatic rings. The molecule has 1 rings (SSSR count). The molecular formula is C9H16O5. The Morgan fingerprint density at radius 1 is 1.00 bits per heavy atom. The van der Waals surface area contributed by atoms with Gasteiger partial charge in [0.1, 0.15) is 0 Å². The van der Waals surface area contributed by atoms with Gasteiger partial charge in [0.15, 0.2) is 12.4 Å². The number of aldehydes is 1. The van der Waals surface area contributed by atoms with Crippen molar-refractivity contribution in [1.82, 2.24) is 0 Å². The molecule has 1 saturated heterocycles. The van der Waals surface area contributed by atoms with Crippen LogP contribution in [0.4, 0.5) is 0 Å². The lowest BCUT2D eigenvalue weighted by molar-refractivity contribution is -0.638. The van der Waals surface area contributed by atoms with Crippen molar-refractivity contribution in [3.8, 4) is 0 Å². The zero-order valence-corrected chi connectivity index (χ0v) is 8.15. The van der Waals surface area contributed by atoms with E-state index in [-0.39, 0.29) is 0 Å². The van der Waals surface area contributed by atoms with E-state index in [1.807, 2.05) is 0 Å². The average molecular weight is 204 g/mol. The molecule has 1 heterocycles. The molecule has 5 heteroatoms. The highest BCUT2D eigenvalue weighted by Crippen LogP contribution is 2.10. The van der Waals surface area contributed by atoms with Gasteiger partial charge in [-0.3, -0.25) is 0 Å². The first-order valence-electron chi connectivity index (χ1n) is 5.00. The molecule has 1 fully saturated rings. The standard InChI is InChI=1S/C9H16O5/c10-8-9-6-4-2-1-3-5-7-11-13-14-12-9/h8-9H,1-7H2. The van der Waals surface area contributed by atoms with Gasteiger partial charge in [0.2, 0.25) is 0 Å². The van der Waals surface area contributed by atoms with Crippen molar-refractivity contribution in [2.24, 2.45) is 0 Å². The van der Waals surface area contributed by atoms with Crippen molar-refractivity contribution >= 4 is 6.29 Å². The third kappa shape index (κ3) is 5.29. The molecule has 0 aromatic heterocycles. The van der Waals surface area contributed by atoms with Crippen LogP contribution in [0.2, 0.25) is 0 Å². The summed E-state index contributed by atoms with van der Waals surface area (Å²) in [7, 11) is 0. The second-order valence-corrected chi connectivity index (χ2v) is 3.29. The number of hydrogen-bond acceptors (Lipinski definition) is 5. The Balaban J connectivity index is 2.20. The fourth-order valence-corrected chi connectivity index (χ4v) is 1.30. The van der Waals surface area contributed by atoms with Gasteiger partial charge in [-0.2, -0.15) is 4.89 Å². The van der Waals surface area contributed by atoms with Gasteiger partial charge in [-0.25, -0.2) is 4.89 Å². The van der Waals surface area contributed by atoms with Gasteiger partial charge in [0.25, 0.3) is 0 Å². The molecule has 1 atom stereocenters. The average Bonchev–Trinajstić information content (AvgIpc) is 2.19. The normalized spacial score (nSPS) is 27.3. The number of hydrogen-bond donors (Lipinski definition) is 0. The molecule has 1 aliphatic heterocycles. The summed E-state index contributed by atoms with van der Waals surface area (Å²) in [6.07, 6.45) is 6.08. The Morgan fingerprint density at radius 2 is 1.79 bits per heavy atom. The summed E-state index contributed by atoms with van der Waals surface area (Å²) in [4.78, 5) is 19.8. The third-order valence-electron chi connectivity index (χ3n) is 2.11. The predicted molar refractivity (Wildman–Crippen MR) is 46.8 cm³/mol. The molecule has 82 valence electrons. The summed E-state index contributed by atoms with van der Waals surface area (Å²) in [6.45, 7) is 0.481. The first-order chi connectivity index (χ1) is 6.93. The molecule has 1 unspecified atom stereocenters. The zero-order chi connectivity index (χ0) is 10.1. The minimum absolute atomic E-state index is 0.481. The van der Waals surface area contributed by atoms with Gasteiger partial charge in [0, 0.05) is 0 Å². The fraction of sp³-hybridized carbons (Fsp3) is 0.889. The van der Waals surface area contributed by atoms with Gasteiger partial charge in [-0.15, -0.1) is 0 Å². The van der Waals surface area contributed by atoms with Crippen molar-refractivity contribution in [1.29, 1.82) is 0 Å². The highest BCUT2D eigenvalue weighted by atomic mass is 17.7. The van der Waals surface area contributed by atoms with E-state index < -0.39 is 6.10 Å². The van der Waals surface area contributed by atoms with E-state index in [0.29, 0.717) is 19.3 Å². The highest BCUT2D eigenvalue weighted by molar-refractivity contribution is 5.55. The predicted octanol–water partition coefficient (Wildman–Crippen LogP) is 1.72. The Kier molecular flexibility index (Phi) is 6.51. The van der Waals surface area contributed by atoms with Crippen LogP contribution in [0.25, 0.3) is 0 Å². The van der Waals surface area contributed by atoms with E-state index >= 15 is 0 Å². The van der Waals surface area contributed by atoms with Crippen LogP contribution in [0.1, 0.15) is 38.5 Å². The maximum absolute atomic E-state index is 10.5. The minimum atomic E-state index is -0.557. The van der Waals surface area contributed by atoms with Gasteiger partial charge in [0.05, 0.1) is 6.61 Å². The Hall–Kier alpha value is -0.490. The van der Waals surface area contributed by atoms with Gasteiger partial charge >= 0.3 is 0 Å². The monoisotopic (exact) mass is 204 g/mol. The van der Waals surface area contributed by atoms with Crippen LogP contribution in [0.5, 0.6) is 0 Å². The van der Waals surface area contributed by atoms with Crippen molar-refractivity contribution in [2.75, 3.05) is 6.61 Å². The zero-order valence-electron chi connectivity index (χ0n) is 8.15. The van der Waals surface area contributed by atoms with Gasteiger partial charge in [-0.05, 0) is 22.9 Å². The van der Waals surface area contributed by atoms with Crippen LogP contribution in [0, 0.1) is 0 Å². The topological polar surface area (TPSA) is 54.0 Å². The Bertz CT molecular complexity index is 138. The first kappa shape index (κ1) is 11.6. The molecule has 1 aliphatic rings. The van der Waals surface area contributed by atoms with Crippen LogP contribution in [0.3, 0.4) is 0 Å². The summed E-state index contributed by atoms with van der Waals surface area (Å²) in [5, 5.41) is 8.51. The second-order valence-electron chi connectivity index (χ2n) is 3.29. The van der Waals surface area contributed by atoms with Crippen LogP contribution in [-0.2, 0) is 24.6 Å². The SMILES string of the molecule is O=CC1CCCCCCCOOOO1. The summed E-state index contributed by atoms with van der Waals surface area (Å²) in [5.41, 5.74) is 0. The fourth-order valence-electron chi connectivity index (χ4n) is 1.30. The van der Waals surface area contributed by atoms with Gasteiger partial charge in [-0.1, -0.05) is 25.7 Å². The lowest BCUT2D eigenvalue weighted by atomic mass is 10.1. The minimum Gasteiger partial charge on any atom is -0.300 e. The summed E-state index contributed by atoms with van der Waals surface area (Å²) in [6, 6.07) is 0. The quantitative estimate of drug-likeness (QED) is 0.481. The molecule has 14 heavy (non-hydrogen) atoms. The van der Waals surface area contributed by atoms with Crippen LogP contribution in [0.15, 0.2) is 0 Å². The van der Waals surface area contributed by atoms with Crippen LogP contribution in [-0.4, -0.2) is 19.0 Å². The summed E-state index contributed by atoms with van der Waals surface area (Å²) in [5.74, 6) is 0. The van der Waals surface area contributed by atoms with Gasteiger partial charge < -0.3 is 4.79 Å². The van der Waals surface area contributed by atoms with Crippen molar-refractivity contribution < 1.29 is 24.6 Å². The summed E-state index contributed by atoms with van der Waals surface area (Å²) >= 11 is 0. The van der Waals surface area contributed by atoms with E-state index in [1.54, 1.807) is 0 Å². The number of carbonyl (C=O) groups excluding carboxylic acids is 1. The molecule has 0 spiro atoms. The molecule has 0 amide bonds. The molecular weight excluding hydrogens is 188 g/mol. The number of rotatable bonds is 1. The smallest absolute Gasteiger partial charge is 0.152 e. The molecule has 0 N–H and O–H groups in total. The lowest BCUT2D eigenvalue weighted by Crippen LogP contribution is -2.15. The lowest BCUT2D eigenvalue weighted by Gasteiger charge is -2.10. The molecule has 0 aliphatic carbocycles. The molecule has 0 radical (unpaired) electrons.